The highest BCUT2D eigenvalue weighted by molar-refractivity contribution is 6.39. The van der Waals surface area contributed by atoms with Gasteiger partial charge in [-0.25, -0.2) is 5.43 Å². The highest BCUT2D eigenvalue weighted by Gasteiger charge is 2.12. The molecule has 2 aromatic carbocycles. The van der Waals surface area contributed by atoms with Crippen molar-refractivity contribution < 1.29 is 14.3 Å². The summed E-state index contributed by atoms with van der Waals surface area (Å²) in [5.41, 5.74) is 3.52. The van der Waals surface area contributed by atoms with Crippen LogP contribution in [0.1, 0.15) is 25.3 Å². The van der Waals surface area contributed by atoms with E-state index in [9.17, 15) is 9.59 Å². The van der Waals surface area contributed by atoms with Crippen molar-refractivity contribution >= 4 is 23.7 Å². The van der Waals surface area contributed by atoms with Crippen molar-refractivity contribution in [3.8, 4) is 5.75 Å². The Morgan fingerprint density at radius 3 is 2.44 bits per heavy atom. The fourth-order valence-corrected chi connectivity index (χ4v) is 1.91. The van der Waals surface area contributed by atoms with Gasteiger partial charge < -0.3 is 10.1 Å². The highest BCUT2D eigenvalue weighted by atomic mass is 16.5. The molecule has 0 heterocycles. The summed E-state index contributed by atoms with van der Waals surface area (Å²) in [5, 5.41) is 6.26. The number of hydrogen-bond donors (Lipinski definition) is 2. The van der Waals surface area contributed by atoms with E-state index in [1.54, 1.807) is 24.3 Å². The minimum atomic E-state index is -0.838. The van der Waals surface area contributed by atoms with Gasteiger partial charge in [0.05, 0.1) is 12.8 Å². The van der Waals surface area contributed by atoms with Gasteiger partial charge in [0.15, 0.2) is 0 Å². The molecule has 0 aliphatic heterocycles. The van der Waals surface area contributed by atoms with Crippen molar-refractivity contribution in [2.24, 2.45) is 5.10 Å². The van der Waals surface area contributed by atoms with Gasteiger partial charge in [0.1, 0.15) is 5.75 Å². The second kappa shape index (κ2) is 9.87. The van der Waals surface area contributed by atoms with E-state index in [0.29, 0.717) is 12.3 Å². The third-order valence-electron chi connectivity index (χ3n) is 3.26. The summed E-state index contributed by atoms with van der Waals surface area (Å²) >= 11 is 0. The van der Waals surface area contributed by atoms with Crippen molar-refractivity contribution in [3.05, 3.63) is 60.2 Å². The van der Waals surface area contributed by atoms with Gasteiger partial charge in [-0.1, -0.05) is 43.7 Å². The van der Waals surface area contributed by atoms with Crippen LogP contribution in [0.3, 0.4) is 0 Å². The fraction of sp³-hybridized carbons (Fsp3) is 0.211. The summed E-state index contributed by atoms with van der Waals surface area (Å²) < 4.78 is 5.54. The Morgan fingerprint density at radius 2 is 1.76 bits per heavy atom. The Hall–Kier alpha value is -3.15. The first kappa shape index (κ1) is 18.2. The zero-order valence-corrected chi connectivity index (χ0v) is 14.1. The van der Waals surface area contributed by atoms with Crippen molar-refractivity contribution in [2.45, 2.75) is 19.8 Å². The van der Waals surface area contributed by atoms with Crippen LogP contribution in [-0.2, 0) is 9.59 Å². The molecule has 0 unspecified atom stereocenters. The smallest absolute Gasteiger partial charge is 0.329 e. The van der Waals surface area contributed by atoms with Crippen molar-refractivity contribution in [1.82, 2.24) is 5.43 Å². The molecular weight excluding hydrogens is 318 g/mol. The second-order valence-corrected chi connectivity index (χ2v) is 5.29. The van der Waals surface area contributed by atoms with Gasteiger partial charge in [0.25, 0.3) is 0 Å². The van der Waals surface area contributed by atoms with E-state index in [4.69, 9.17) is 4.74 Å². The number of nitrogens with zero attached hydrogens (tertiary/aromatic N) is 1. The topological polar surface area (TPSA) is 79.8 Å². The van der Waals surface area contributed by atoms with Crippen LogP contribution in [0.4, 0.5) is 5.69 Å². The second-order valence-electron chi connectivity index (χ2n) is 5.29. The van der Waals surface area contributed by atoms with Gasteiger partial charge in [-0.3, -0.25) is 9.59 Å². The highest BCUT2D eigenvalue weighted by Crippen LogP contribution is 2.15. The predicted octanol–water partition coefficient (Wildman–Crippen LogP) is 2.95. The first-order valence-corrected chi connectivity index (χ1v) is 8.11. The number of benzene rings is 2. The molecule has 0 saturated carbocycles. The number of hydrogen-bond acceptors (Lipinski definition) is 4. The molecule has 0 atom stereocenters. The third-order valence-corrected chi connectivity index (χ3v) is 3.26. The number of amides is 2. The van der Waals surface area contributed by atoms with E-state index in [1.807, 2.05) is 30.3 Å². The number of nitrogens with one attached hydrogen (secondary N) is 2. The van der Waals surface area contributed by atoms with Gasteiger partial charge in [0, 0.05) is 5.69 Å². The molecular formula is C19H21N3O3. The number of carbonyl (C=O) groups is 2. The van der Waals surface area contributed by atoms with Crippen LogP contribution in [0.2, 0.25) is 0 Å². The zero-order valence-electron chi connectivity index (χ0n) is 14.1. The van der Waals surface area contributed by atoms with Crippen molar-refractivity contribution in [3.63, 3.8) is 0 Å². The van der Waals surface area contributed by atoms with E-state index >= 15 is 0 Å². The Bertz CT molecular complexity index is 712. The van der Waals surface area contributed by atoms with Crippen LogP contribution in [0.5, 0.6) is 5.75 Å². The Labute approximate surface area is 146 Å². The molecule has 0 fully saturated rings. The standard InChI is InChI=1S/C19H21N3O3/c1-2-3-13-25-17-11-9-16(10-12-17)21-18(23)19(24)22-20-14-15-7-5-4-6-8-15/h4-12,14H,2-3,13H2,1H3,(H,21,23)(H,22,24)/b20-14-. The summed E-state index contributed by atoms with van der Waals surface area (Å²) in [6.07, 6.45) is 3.52. The van der Waals surface area contributed by atoms with E-state index < -0.39 is 11.8 Å². The Morgan fingerprint density at radius 1 is 1.04 bits per heavy atom. The van der Waals surface area contributed by atoms with Gasteiger partial charge in [-0.2, -0.15) is 5.10 Å². The maximum absolute atomic E-state index is 11.8. The summed E-state index contributed by atoms with van der Waals surface area (Å²) in [6.45, 7) is 2.75. The molecule has 130 valence electrons. The minimum absolute atomic E-state index is 0.509. The lowest BCUT2D eigenvalue weighted by Gasteiger charge is -2.07. The molecule has 2 amide bonds. The van der Waals surface area contributed by atoms with Gasteiger partial charge >= 0.3 is 11.8 Å². The number of unbranched alkanes of at least 4 members (excludes halogenated alkanes) is 1. The molecule has 25 heavy (non-hydrogen) atoms. The van der Waals surface area contributed by atoms with Crippen LogP contribution in [0, 0.1) is 0 Å². The molecule has 2 aromatic rings. The van der Waals surface area contributed by atoms with E-state index in [0.717, 1.165) is 24.2 Å². The average Bonchev–Trinajstić information content (AvgIpc) is 2.64. The quantitative estimate of drug-likeness (QED) is 0.352. The number of anilines is 1. The lowest BCUT2D eigenvalue weighted by atomic mass is 10.2. The Balaban J connectivity index is 1.80. The van der Waals surface area contributed by atoms with Crippen LogP contribution in [-0.4, -0.2) is 24.6 Å². The van der Waals surface area contributed by atoms with Gasteiger partial charge in [-0.05, 0) is 36.2 Å². The van der Waals surface area contributed by atoms with Gasteiger partial charge in [-0.15, -0.1) is 0 Å². The normalized spacial score (nSPS) is 10.4. The first-order chi connectivity index (χ1) is 12.2. The summed E-state index contributed by atoms with van der Waals surface area (Å²) in [4.78, 5) is 23.5. The minimum Gasteiger partial charge on any atom is -0.494 e. The number of ether oxygens (including phenoxy) is 1. The molecule has 0 spiro atoms. The van der Waals surface area contributed by atoms with Crippen molar-refractivity contribution in [1.29, 1.82) is 0 Å². The number of rotatable bonds is 7. The Kier molecular flexibility index (Phi) is 7.18. The van der Waals surface area contributed by atoms with Gasteiger partial charge in [0.2, 0.25) is 0 Å². The summed E-state index contributed by atoms with van der Waals surface area (Å²) in [7, 11) is 0. The lowest BCUT2D eigenvalue weighted by molar-refractivity contribution is -0.136. The predicted molar refractivity (Wildman–Crippen MR) is 97.7 cm³/mol. The van der Waals surface area contributed by atoms with Crippen LogP contribution in [0.25, 0.3) is 0 Å². The average molecular weight is 339 g/mol. The molecule has 0 saturated heterocycles. The molecule has 2 N–H and O–H groups in total. The fourth-order valence-electron chi connectivity index (χ4n) is 1.91. The molecule has 0 bridgehead atoms. The van der Waals surface area contributed by atoms with E-state index in [1.165, 1.54) is 6.21 Å². The SMILES string of the molecule is CCCCOc1ccc(NC(=O)C(=O)N/N=C\c2ccccc2)cc1. The zero-order chi connectivity index (χ0) is 17.9. The third kappa shape index (κ3) is 6.47. The lowest BCUT2D eigenvalue weighted by Crippen LogP contribution is -2.32. The molecule has 6 nitrogen and oxygen atoms in total. The molecule has 2 rings (SSSR count). The number of hydrazone groups is 1. The summed E-state index contributed by atoms with van der Waals surface area (Å²) in [5.74, 6) is -0.899. The van der Waals surface area contributed by atoms with Crippen LogP contribution in [0.15, 0.2) is 59.7 Å². The van der Waals surface area contributed by atoms with Crippen molar-refractivity contribution in [2.75, 3.05) is 11.9 Å². The van der Waals surface area contributed by atoms with Crippen LogP contribution >= 0.6 is 0 Å². The maximum Gasteiger partial charge on any atom is 0.329 e. The molecule has 0 aliphatic carbocycles. The monoisotopic (exact) mass is 339 g/mol. The first-order valence-electron chi connectivity index (χ1n) is 8.11. The van der Waals surface area contributed by atoms with E-state index in [2.05, 4.69) is 22.8 Å². The number of carbonyl (C=O) groups excluding carboxylic acids is 2. The van der Waals surface area contributed by atoms with Crippen LogP contribution < -0.4 is 15.5 Å². The molecule has 0 aromatic heterocycles. The maximum atomic E-state index is 11.8. The molecule has 6 heteroatoms. The largest absolute Gasteiger partial charge is 0.494 e. The van der Waals surface area contributed by atoms with E-state index in [-0.39, 0.29) is 0 Å². The summed E-state index contributed by atoms with van der Waals surface area (Å²) in [6, 6.07) is 16.1. The molecule has 0 aliphatic rings. The molecule has 0 radical (unpaired) electrons.